The Bertz CT molecular complexity index is 271. The Balaban J connectivity index is 2.58. The minimum absolute atomic E-state index is 0.219. The summed E-state index contributed by atoms with van der Waals surface area (Å²) >= 11 is 0. The lowest BCUT2D eigenvalue weighted by molar-refractivity contribution is -0.145. The lowest BCUT2D eigenvalue weighted by Crippen LogP contribution is -2.19. The number of rotatable bonds is 3. The number of hydrogen-bond donors (Lipinski definition) is 1. The Labute approximate surface area is 68.7 Å². The van der Waals surface area contributed by atoms with E-state index in [1.54, 1.807) is 6.92 Å². The summed E-state index contributed by atoms with van der Waals surface area (Å²) < 4.78 is 0. The quantitative estimate of drug-likeness (QED) is 0.598. The predicted octanol–water partition coefficient (Wildman–Crippen LogP) is -0.864. The van der Waals surface area contributed by atoms with E-state index in [0.717, 1.165) is 4.85 Å². The Morgan fingerprint density at radius 1 is 1.83 bits per heavy atom. The highest BCUT2D eigenvalue weighted by Crippen LogP contribution is 1.90. The number of nitrogens with zero attached hydrogens (tertiary/aromatic N) is 3. The van der Waals surface area contributed by atoms with Gasteiger partial charge in [0, 0.05) is 6.42 Å². The van der Waals surface area contributed by atoms with Crippen molar-refractivity contribution >= 4 is 5.97 Å². The van der Waals surface area contributed by atoms with Crippen LogP contribution < -0.4 is 4.84 Å². The van der Waals surface area contributed by atoms with E-state index in [4.69, 9.17) is 5.11 Å². The van der Waals surface area contributed by atoms with E-state index in [2.05, 4.69) is 15.1 Å². The summed E-state index contributed by atoms with van der Waals surface area (Å²) in [7, 11) is 0. The number of aliphatic hydroxyl groups is 1. The third-order valence-corrected chi connectivity index (χ3v) is 1.17. The molecule has 1 aromatic rings. The third-order valence-electron chi connectivity index (χ3n) is 1.17. The number of carbonyl (C=O) groups excluding carboxylic acids is 1. The number of hydrogen-bond acceptors (Lipinski definition) is 5. The van der Waals surface area contributed by atoms with Crippen LogP contribution in [0.25, 0.3) is 0 Å². The van der Waals surface area contributed by atoms with Gasteiger partial charge >= 0.3 is 5.97 Å². The first-order valence-electron chi connectivity index (χ1n) is 3.49. The minimum atomic E-state index is -0.399. The third kappa shape index (κ3) is 2.03. The molecule has 12 heavy (non-hydrogen) atoms. The van der Waals surface area contributed by atoms with Crippen molar-refractivity contribution in [3.8, 4) is 0 Å². The van der Waals surface area contributed by atoms with Gasteiger partial charge in [-0.3, -0.25) is 0 Å². The standard InChI is InChI=1S/C6H9N3O3/c1-2-6(11)12-9-3-5(4-10)7-8-9/h3,10H,2,4H2,1H3. The monoisotopic (exact) mass is 171 g/mol. The van der Waals surface area contributed by atoms with Crippen molar-refractivity contribution in [3.63, 3.8) is 0 Å². The molecule has 6 nitrogen and oxygen atoms in total. The van der Waals surface area contributed by atoms with Crippen molar-refractivity contribution in [2.24, 2.45) is 0 Å². The van der Waals surface area contributed by atoms with Crippen molar-refractivity contribution in [2.45, 2.75) is 20.0 Å². The van der Waals surface area contributed by atoms with Crippen LogP contribution in [0.1, 0.15) is 19.0 Å². The van der Waals surface area contributed by atoms with E-state index in [0.29, 0.717) is 5.69 Å². The van der Waals surface area contributed by atoms with E-state index in [9.17, 15) is 4.79 Å². The normalized spacial score (nSPS) is 9.83. The van der Waals surface area contributed by atoms with Gasteiger partial charge in [-0.25, -0.2) is 4.79 Å². The van der Waals surface area contributed by atoms with Gasteiger partial charge in [-0.05, 0) is 5.21 Å². The molecule has 66 valence electrons. The fraction of sp³-hybridized carbons (Fsp3) is 0.500. The molecule has 1 heterocycles. The average Bonchev–Trinajstić information content (AvgIpc) is 2.52. The summed E-state index contributed by atoms with van der Waals surface area (Å²) in [5.41, 5.74) is 0.360. The van der Waals surface area contributed by atoms with Crippen LogP contribution >= 0.6 is 0 Å². The second kappa shape index (κ2) is 3.82. The van der Waals surface area contributed by atoms with Crippen molar-refractivity contribution in [1.29, 1.82) is 0 Å². The van der Waals surface area contributed by atoms with Gasteiger partial charge in [0.2, 0.25) is 0 Å². The molecule has 0 aromatic carbocycles. The molecule has 0 bridgehead atoms. The summed E-state index contributed by atoms with van der Waals surface area (Å²) in [6.07, 6.45) is 1.61. The topological polar surface area (TPSA) is 77.2 Å². The molecule has 0 amide bonds. The molecule has 0 aliphatic rings. The molecule has 1 aromatic heterocycles. The van der Waals surface area contributed by atoms with Crippen molar-refractivity contribution in [2.75, 3.05) is 0 Å². The van der Waals surface area contributed by atoms with Crippen LogP contribution in [0.2, 0.25) is 0 Å². The first-order valence-corrected chi connectivity index (χ1v) is 3.49. The smallest absolute Gasteiger partial charge is 0.334 e. The molecule has 0 radical (unpaired) electrons. The molecule has 0 aliphatic carbocycles. The van der Waals surface area contributed by atoms with Gasteiger partial charge < -0.3 is 9.94 Å². The van der Waals surface area contributed by atoms with Crippen LogP contribution in [0.4, 0.5) is 0 Å². The largest absolute Gasteiger partial charge is 0.390 e. The van der Waals surface area contributed by atoms with Gasteiger partial charge in [0.1, 0.15) is 5.69 Å². The molecule has 1 rings (SSSR count). The second-order valence-electron chi connectivity index (χ2n) is 2.09. The van der Waals surface area contributed by atoms with Gasteiger partial charge in [-0.2, -0.15) is 0 Å². The van der Waals surface area contributed by atoms with Crippen LogP contribution in [-0.4, -0.2) is 26.2 Å². The van der Waals surface area contributed by atoms with Crippen LogP contribution in [-0.2, 0) is 11.4 Å². The summed E-state index contributed by atoms with van der Waals surface area (Å²) in [4.78, 5) is 16.3. The maximum absolute atomic E-state index is 10.7. The molecule has 0 aliphatic heterocycles. The number of aromatic nitrogens is 3. The minimum Gasteiger partial charge on any atom is -0.390 e. The molecule has 0 saturated heterocycles. The van der Waals surface area contributed by atoms with E-state index < -0.39 is 5.97 Å². The lowest BCUT2D eigenvalue weighted by Gasteiger charge is -1.96. The zero-order valence-electron chi connectivity index (χ0n) is 6.60. The Morgan fingerprint density at radius 3 is 3.08 bits per heavy atom. The van der Waals surface area contributed by atoms with Crippen molar-refractivity contribution in [1.82, 2.24) is 15.2 Å². The molecule has 0 saturated carbocycles. The fourth-order valence-electron chi connectivity index (χ4n) is 0.567. The molecule has 0 fully saturated rings. The Hall–Kier alpha value is -1.43. The van der Waals surface area contributed by atoms with Crippen LogP contribution in [0.5, 0.6) is 0 Å². The van der Waals surface area contributed by atoms with Gasteiger partial charge in [0.25, 0.3) is 0 Å². The highest BCUT2D eigenvalue weighted by atomic mass is 16.7. The van der Waals surface area contributed by atoms with E-state index >= 15 is 0 Å². The predicted molar refractivity (Wildman–Crippen MR) is 37.8 cm³/mol. The van der Waals surface area contributed by atoms with Crippen molar-refractivity contribution in [3.05, 3.63) is 11.9 Å². The average molecular weight is 171 g/mol. The summed E-state index contributed by atoms with van der Waals surface area (Å²) in [5.74, 6) is -0.399. The highest BCUT2D eigenvalue weighted by Gasteiger charge is 2.03. The maximum Gasteiger partial charge on any atom is 0.334 e. The Morgan fingerprint density at radius 2 is 2.58 bits per heavy atom. The molecule has 1 N–H and O–H groups in total. The van der Waals surface area contributed by atoms with Crippen LogP contribution in [0.15, 0.2) is 6.20 Å². The van der Waals surface area contributed by atoms with Crippen LogP contribution in [0.3, 0.4) is 0 Å². The van der Waals surface area contributed by atoms with Gasteiger partial charge in [0.15, 0.2) is 0 Å². The highest BCUT2D eigenvalue weighted by molar-refractivity contribution is 5.69. The van der Waals surface area contributed by atoms with E-state index in [1.165, 1.54) is 6.20 Å². The molecule has 0 unspecified atom stereocenters. The molecule has 6 heteroatoms. The van der Waals surface area contributed by atoms with Gasteiger partial charge in [-0.15, -0.1) is 5.10 Å². The van der Waals surface area contributed by atoms with Gasteiger partial charge in [0.05, 0.1) is 12.8 Å². The number of carbonyl (C=O) groups is 1. The van der Waals surface area contributed by atoms with E-state index in [1.807, 2.05) is 0 Å². The van der Waals surface area contributed by atoms with Gasteiger partial charge in [-0.1, -0.05) is 11.8 Å². The first-order chi connectivity index (χ1) is 5.76. The molecule has 0 spiro atoms. The zero-order chi connectivity index (χ0) is 8.97. The Kier molecular flexibility index (Phi) is 2.76. The molecular weight excluding hydrogens is 162 g/mol. The summed E-state index contributed by atoms with van der Waals surface area (Å²) in [6.45, 7) is 1.45. The summed E-state index contributed by atoms with van der Waals surface area (Å²) in [6, 6.07) is 0. The lowest BCUT2D eigenvalue weighted by atomic mass is 10.5. The maximum atomic E-state index is 10.7. The first kappa shape index (κ1) is 8.66. The molecular formula is C6H9N3O3. The fourth-order valence-corrected chi connectivity index (χ4v) is 0.567. The summed E-state index contributed by atoms with van der Waals surface area (Å²) in [5, 5.41) is 15.5. The SMILES string of the molecule is CCC(=O)On1cc(CO)nn1. The number of aliphatic hydroxyl groups excluding tert-OH is 1. The van der Waals surface area contributed by atoms with E-state index in [-0.39, 0.29) is 13.0 Å². The van der Waals surface area contributed by atoms with Crippen molar-refractivity contribution < 1.29 is 14.7 Å². The second-order valence-corrected chi connectivity index (χ2v) is 2.09. The molecule has 0 atom stereocenters. The zero-order valence-corrected chi connectivity index (χ0v) is 6.60. The van der Waals surface area contributed by atoms with Crippen LogP contribution in [0, 0.1) is 0 Å².